The summed E-state index contributed by atoms with van der Waals surface area (Å²) in [7, 11) is 0. The highest BCUT2D eigenvalue weighted by atomic mass is 35.5. The summed E-state index contributed by atoms with van der Waals surface area (Å²) in [4.78, 5) is 11.0. The fourth-order valence-electron chi connectivity index (χ4n) is 1.74. The molecule has 0 aliphatic carbocycles. The Morgan fingerprint density at radius 1 is 1.19 bits per heavy atom. The van der Waals surface area contributed by atoms with Gasteiger partial charge in [-0.2, -0.15) is 5.10 Å². The van der Waals surface area contributed by atoms with E-state index in [1.807, 2.05) is 30.3 Å². The van der Waals surface area contributed by atoms with E-state index in [4.69, 9.17) is 16.9 Å². The van der Waals surface area contributed by atoms with Gasteiger partial charge in [0, 0.05) is 12.4 Å². The molecule has 0 unspecified atom stereocenters. The number of nitrogens with one attached hydrogen (secondary N) is 1. The molecule has 1 heterocycles. The predicted molar refractivity (Wildman–Crippen MR) is 79.9 cm³/mol. The van der Waals surface area contributed by atoms with Crippen molar-refractivity contribution in [2.75, 3.05) is 0 Å². The Balaban J connectivity index is 0.000000272. The summed E-state index contributed by atoms with van der Waals surface area (Å²) in [6, 6.07) is 12.4. The van der Waals surface area contributed by atoms with Crippen LogP contribution >= 0.6 is 11.8 Å². The van der Waals surface area contributed by atoms with E-state index in [1.54, 1.807) is 24.5 Å². The molecule has 0 aliphatic heterocycles. The summed E-state index contributed by atoms with van der Waals surface area (Å²) >= 11 is 5.13. The molecule has 2 aromatic carbocycles. The lowest BCUT2D eigenvalue weighted by Crippen LogP contribution is -1.96. The summed E-state index contributed by atoms with van der Waals surface area (Å²) in [6.45, 7) is 0. The first-order valence-corrected chi connectivity index (χ1v) is 6.28. The minimum atomic E-state index is -1.05. The SMILES string of the molecule is O=C(O)c1cc2ccccc2cc1N=NCl.c1cn[nH]c1. The van der Waals surface area contributed by atoms with Crippen LogP contribution in [0.5, 0.6) is 0 Å². The molecule has 0 saturated heterocycles. The van der Waals surface area contributed by atoms with Crippen LogP contribution in [0.2, 0.25) is 0 Å². The number of aromatic amines is 1. The molecule has 0 fully saturated rings. The van der Waals surface area contributed by atoms with Gasteiger partial charge >= 0.3 is 5.97 Å². The van der Waals surface area contributed by atoms with Crippen LogP contribution < -0.4 is 0 Å². The van der Waals surface area contributed by atoms with Gasteiger partial charge in [-0.25, -0.2) is 4.79 Å². The molecule has 0 aliphatic rings. The van der Waals surface area contributed by atoms with Crippen LogP contribution in [0.4, 0.5) is 5.69 Å². The predicted octanol–water partition coefficient (Wildman–Crippen LogP) is 4.19. The van der Waals surface area contributed by atoms with Gasteiger partial charge in [-0.15, -0.1) is 5.11 Å². The monoisotopic (exact) mass is 302 g/mol. The number of benzene rings is 2. The third kappa shape index (κ3) is 3.87. The molecular formula is C14H11ClN4O2. The second-order valence-electron chi connectivity index (χ2n) is 3.96. The molecule has 3 aromatic rings. The summed E-state index contributed by atoms with van der Waals surface area (Å²) in [5.74, 6) is -1.05. The molecule has 106 valence electrons. The Labute approximate surface area is 125 Å². The zero-order valence-corrected chi connectivity index (χ0v) is 11.5. The van der Waals surface area contributed by atoms with E-state index in [1.165, 1.54) is 0 Å². The molecule has 0 bridgehead atoms. The number of aromatic carboxylic acids is 1. The Bertz CT molecular complexity index is 740. The van der Waals surface area contributed by atoms with Gasteiger partial charge in [0.25, 0.3) is 0 Å². The number of rotatable bonds is 2. The van der Waals surface area contributed by atoms with Gasteiger partial charge in [0.05, 0.1) is 17.3 Å². The molecule has 0 saturated carbocycles. The molecule has 0 atom stereocenters. The van der Waals surface area contributed by atoms with Gasteiger partial charge < -0.3 is 5.11 Å². The topological polar surface area (TPSA) is 90.7 Å². The van der Waals surface area contributed by atoms with Crippen molar-refractivity contribution in [1.29, 1.82) is 0 Å². The third-order valence-electron chi connectivity index (χ3n) is 2.65. The van der Waals surface area contributed by atoms with E-state index < -0.39 is 5.97 Å². The molecule has 3 rings (SSSR count). The number of carboxylic acid groups (broad SMARTS) is 1. The number of nitrogens with zero attached hydrogens (tertiary/aromatic N) is 3. The van der Waals surface area contributed by atoms with Crippen LogP contribution in [-0.2, 0) is 0 Å². The van der Waals surface area contributed by atoms with Crippen LogP contribution in [0.1, 0.15) is 10.4 Å². The standard InChI is InChI=1S/C11H7ClN2O2.C3H4N2/c12-14-13-10-6-8-4-2-1-3-7(8)5-9(10)11(15)16;1-2-4-5-3-1/h1-6H,(H,15,16);1-3H,(H,4,5). The summed E-state index contributed by atoms with van der Waals surface area (Å²) in [5, 5.41) is 20.5. The van der Waals surface area contributed by atoms with Crippen molar-refractivity contribution in [3.8, 4) is 0 Å². The number of carbonyl (C=O) groups is 1. The summed E-state index contributed by atoms with van der Waals surface area (Å²) in [6.07, 6.45) is 3.46. The number of carboxylic acids is 1. The Morgan fingerprint density at radius 2 is 1.90 bits per heavy atom. The third-order valence-corrected chi connectivity index (χ3v) is 2.72. The summed E-state index contributed by atoms with van der Waals surface area (Å²) in [5.41, 5.74) is 0.337. The fraction of sp³-hybridized carbons (Fsp3) is 0. The highest BCUT2D eigenvalue weighted by Gasteiger charge is 2.11. The molecule has 7 heteroatoms. The molecule has 0 radical (unpaired) electrons. The van der Waals surface area contributed by atoms with Crippen molar-refractivity contribution in [2.24, 2.45) is 9.75 Å². The van der Waals surface area contributed by atoms with Crippen LogP contribution in [-0.4, -0.2) is 21.3 Å². The van der Waals surface area contributed by atoms with Crippen LogP contribution in [0.25, 0.3) is 10.8 Å². The van der Waals surface area contributed by atoms with E-state index in [0.717, 1.165) is 10.8 Å². The lowest BCUT2D eigenvalue weighted by Gasteiger charge is -2.02. The maximum absolute atomic E-state index is 11.0. The van der Waals surface area contributed by atoms with Gasteiger partial charge in [-0.1, -0.05) is 28.9 Å². The maximum Gasteiger partial charge on any atom is 0.337 e. The van der Waals surface area contributed by atoms with Crippen molar-refractivity contribution in [3.05, 3.63) is 60.4 Å². The van der Waals surface area contributed by atoms with E-state index >= 15 is 0 Å². The van der Waals surface area contributed by atoms with E-state index in [-0.39, 0.29) is 11.3 Å². The lowest BCUT2D eigenvalue weighted by atomic mass is 10.1. The highest BCUT2D eigenvalue weighted by molar-refractivity contribution is 6.14. The molecule has 0 spiro atoms. The zero-order chi connectivity index (χ0) is 15.1. The van der Waals surface area contributed by atoms with Crippen molar-refractivity contribution in [3.63, 3.8) is 0 Å². The van der Waals surface area contributed by atoms with E-state index in [2.05, 4.69) is 19.9 Å². The number of aromatic nitrogens is 2. The number of fused-ring (bicyclic) bond motifs is 1. The van der Waals surface area contributed by atoms with Crippen molar-refractivity contribution < 1.29 is 9.90 Å². The van der Waals surface area contributed by atoms with Crippen LogP contribution in [0, 0.1) is 0 Å². The first-order valence-electron chi connectivity index (χ1n) is 5.94. The highest BCUT2D eigenvalue weighted by Crippen LogP contribution is 2.26. The van der Waals surface area contributed by atoms with Crippen molar-refractivity contribution in [1.82, 2.24) is 10.2 Å². The van der Waals surface area contributed by atoms with Gasteiger partial charge in [-0.3, -0.25) is 5.10 Å². The minimum Gasteiger partial charge on any atom is -0.478 e. The number of hydrogen-bond donors (Lipinski definition) is 2. The second-order valence-corrected chi connectivity index (χ2v) is 4.11. The average Bonchev–Trinajstić information content (AvgIpc) is 3.06. The van der Waals surface area contributed by atoms with Gasteiger partial charge in [-0.05, 0) is 29.0 Å². The Kier molecular flexibility index (Phi) is 5.00. The molecule has 2 N–H and O–H groups in total. The van der Waals surface area contributed by atoms with E-state index in [0.29, 0.717) is 0 Å². The minimum absolute atomic E-state index is 0.0862. The second kappa shape index (κ2) is 7.16. The fourth-order valence-corrected chi connectivity index (χ4v) is 1.82. The Hall–Kier alpha value is -2.73. The molecular weight excluding hydrogens is 292 g/mol. The smallest absolute Gasteiger partial charge is 0.337 e. The number of halogens is 1. The van der Waals surface area contributed by atoms with Crippen LogP contribution in [0.15, 0.2) is 64.6 Å². The Morgan fingerprint density at radius 3 is 2.38 bits per heavy atom. The molecule has 1 aromatic heterocycles. The first-order chi connectivity index (χ1) is 10.2. The van der Waals surface area contributed by atoms with Gasteiger partial charge in [0.15, 0.2) is 0 Å². The van der Waals surface area contributed by atoms with Crippen molar-refractivity contribution in [2.45, 2.75) is 0 Å². The number of H-pyrrole nitrogens is 1. The normalized spacial score (nSPS) is 10.3. The largest absolute Gasteiger partial charge is 0.478 e. The lowest BCUT2D eigenvalue weighted by molar-refractivity contribution is 0.0698. The van der Waals surface area contributed by atoms with E-state index in [9.17, 15) is 4.79 Å². The zero-order valence-electron chi connectivity index (χ0n) is 10.8. The molecule has 0 amide bonds. The molecule has 21 heavy (non-hydrogen) atoms. The average molecular weight is 303 g/mol. The van der Waals surface area contributed by atoms with Crippen molar-refractivity contribution >= 4 is 34.2 Å². The first kappa shape index (κ1) is 14.7. The van der Waals surface area contributed by atoms with Gasteiger partial charge in [0.1, 0.15) is 5.69 Å². The molecule has 6 nitrogen and oxygen atoms in total. The summed E-state index contributed by atoms with van der Waals surface area (Å²) < 4.78 is 3.09. The van der Waals surface area contributed by atoms with Gasteiger partial charge in [0.2, 0.25) is 0 Å². The quantitative estimate of drug-likeness (QED) is 0.695. The number of hydrogen-bond acceptors (Lipinski definition) is 4. The maximum atomic E-state index is 11.0. The van der Waals surface area contributed by atoms with Crippen LogP contribution in [0.3, 0.4) is 0 Å².